The second-order valence-corrected chi connectivity index (χ2v) is 7.01. The van der Waals surface area contributed by atoms with Gasteiger partial charge in [-0.15, -0.1) is 0 Å². The van der Waals surface area contributed by atoms with Crippen LogP contribution < -0.4 is 10.2 Å². The van der Waals surface area contributed by atoms with Crippen molar-refractivity contribution in [2.75, 3.05) is 16.8 Å². The van der Waals surface area contributed by atoms with Gasteiger partial charge in [0.15, 0.2) is 5.13 Å². The normalized spacial score (nSPS) is 17.1. The fourth-order valence-electron chi connectivity index (χ4n) is 2.95. The van der Waals surface area contributed by atoms with Crippen LogP contribution in [0.25, 0.3) is 10.2 Å². The van der Waals surface area contributed by atoms with Crippen molar-refractivity contribution in [2.24, 2.45) is 5.92 Å². The Balaban J connectivity index is 1.50. The van der Waals surface area contributed by atoms with E-state index < -0.39 is 11.7 Å². The number of hydrogen-bond acceptors (Lipinski definition) is 4. The molecule has 4 rings (SSSR count). The Labute approximate surface area is 151 Å². The lowest BCUT2D eigenvalue weighted by Crippen LogP contribution is -2.28. The van der Waals surface area contributed by atoms with Gasteiger partial charge in [0.25, 0.3) is 0 Å². The predicted octanol–water partition coefficient (Wildman–Crippen LogP) is 3.57. The van der Waals surface area contributed by atoms with Gasteiger partial charge in [0.05, 0.1) is 21.8 Å². The Bertz CT molecular complexity index is 1020. The smallest absolute Gasteiger partial charge is 0.231 e. The minimum atomic E-state index is -0.606. The third-order valence-electron chi connectivity index (χ3n) is 4.22. The highest BCUT2D eigenvalue weighted by atomic mass is 32.1. The number of hydrogen-bond donors (Lipinski definition) is 1. The number of fused-ring (bicyclic) bond motifs is 1. The lowest BCUT2D eigenvalue weighted by Gasteiger charge is -2.17. The molecule has 2 heterocycles. The first kappa shape index (κ1) is 16.6. The van der Waals surface area contributed by atoms with Crippen molar-refractivity contribution in [2.45, 2.75) is 6.42 Å². The van der Waals surface area contributed by atoms with Crippen molar-refractivity contribution in [3.05, 3.63) is 54.1 Å². The number of rotatable bonds is 3. The summed E-state index contributed by atoms with van der Waals surface area (Å²) in [5.74, 6) is -2.15. The summed E-state index contributed by atoms with van der Waals surface area (Å²) >= 11 is 1.16. The first-order valence-electron chi connectivity index (χ1n) is 7.93. The molecule has 0 saturated carbocycles. The van der Waals surface area contributed by atoms with Gasteiger partial charge in [0, 0.05) is 13.0 Å². The molecule has 26 heavy (non-hydrogen) atoms. The highest BCUT2D eigenvalue weighted by molar-refractivity contribution is 7.22. The lowest BCUT2D eigenvalue weighted by molar-refractivity contribution is -0.122. The molecule has 1 saturated heterocycles. The molecule has 0 unspecified atom stereocenters. The van der Waals surface area contributed by atoms with E-state index in [0.717, 1.165) is 11.3 Å². The van der Waals surface area contributed by atoms with Crippen LogP contribution >= 0.6 is 11.3 Å². The predicted molar refractivity (Wildman–Crippen MR) is 95.1 cm³/mol. The molecule has 132 valence electrons. The van der Waals surface area contributed by atoms with E-state index >= 15 is 0 Å². The number of nitrogens with zero attached hydrogens (tertiary/aromatic N) is 2. The third-order valence-corrected chi connectivity index (χ3v) is 5.15. The van der Waals surface area contributed by atoms with E-state index in [1.165, 1.54) is 35.2 Å². The maximum absolute atomic E-state index is 13.9. The van der Waals surface area contributed by atoms with Crippen LogP contribution in [0.2, 0.25) is 0 Å². The van der Waals surface area contributed by atoms with Crippen molar-refractivity contribution in [1.82, 2.24) is 4.98 Å². The number of benzene rings is 2. The number of carbonyl (C=O) groups is 2. The zero-order valence-corrected chi connectivity index (χ0v) is 14.2. The van der Waals surface area contributed by atoms with E-state index in [2.05, 4.69) is 10.3 Å². The highest BCUT2D eigenvalue weighted by Crippen LogP contribution is 2.30. The molecule has 1 aliphatic heterocycles. The van der Waals surface area contributed by atoms with E-state index in [0.29, 0.717) is 15.3 Å². The van der Waals surface area contributed by atoms with E-state index in [1.807, 2.05) is 0 Å². The number of aromatic nitrogens is 1. The van der Waals surface area contributed by atoms with Gasteiger partial charge >= 0.3 is 0 Å². The number of amides is 2. The van der Waals surface area contributed by atoms with Gasteiger partial charge in [-0.1, -0.05) is 23.5 Å². The maximum atomic E-state index is 13.9. The van der Waals surface area contributed by atoms with Gasteiger partial charge in [0.1, 0.15) is 11.6 Å². The second-order valence-electron chi connectivity index (χ2n) is 5.98. The first-order valence-corrected chi connectivity index (χ1v) is 8.75. The average Bonchev–Trinajstić information content (AvgIpc) is 3.18. The van der Waals surface area contributed by atoms with E-state index in [4.69, 9.17) is 0 Å². The van der Waals surface area contributed by atoms with Crippen LogP contribution in [0.3, 0.4) is 0 Å². The standard InChI is InChI=1S/C18H13F2N3O2S/c19-11-5-6-13-15(8-11)26-18(21-13)22-17(25)10-7-16(24)23(9-10)14-4-2-1-3-12(14)20/h1-6,8,10H,7,9H2,(H,21,22,25)/t10-/m0/s1. The molecule has 3 aromatic rings. The Hall–Kier alpha value is -2.87. The van der Waals surface area contributed by atoms with E-state index in [9.17, 15) is 18.4 Å². The fourth-order valence-corrected chi connectivity index (χ4v) is 3.84. The Morgan fingerprint density at radius 3 is 2.85 bits per heavy atom. The number of para-hydroxylation sites is 1. The monoisotopic (exact) mass is 373 g/mol. The first-order chi connectivity index (χ1) is 12.5. The quantitative estimate of drug-likeness (QED) is 0.764. The second kappa shape index (κ2) is 6.45. The number of thiazole rings is 1. The van der Waals surface area contributed by atoms with Crippen LogP contribution in [0.1, 0.15) is 6.42 Å². The van der Waals surface area contributed by atoms with Crippen molar-refractivity contribution in [1.29, 1.82) is 0 Å². The van der Waals surface area contributed by atoms with Gasteiger partial charge in [-0.25, -0.2) is 13.8 Å². The average molecular weight is 373 g/mol. The zero-order chi connectivity index (χ0) is 18.3. The lowest BCUT2D eigenvalue weighted by atomic mass is 10.1. The molecule has 0 aliphatic carbocycles. The van der Waals surface area contributed by atoms with Crippen LogP contribution in [-0.4, -0.2) is 23.3 Å². The topological polar surface area (TPSA) is 62.3 Å². The van der Waals surface area contributed by atoms with Crippen LogP contribution in [-0.2, 0) is 9.59 Å². The van der Waals surface area contributed by atoms with Crippen molar-refractivity contribution in [3.63, 3.8) is 0 Å². The molecule has 1 N–H and O–H groups in total. The molecule has 1 fully saturated rings. The van der Waals surface area contributed by atoms with Crippen molar-refractivity contribution >= 4 is 44.2 Å². The molecule has 0 radical (unpaired) electrons. The van der Waals surface area contributed by atoms with Crippen LogP contribution in [0.15, 0.2) is 42.5 Å². The molecule has 2 aromatic carbocycles. The Kier molecular flexibility index (Phi) is 4.12. The summed E-state index contributed by atoms with van der Waals surface area (Å²) in [7, 11) is 0. The van der Waals surface area contributed by atoms with Crippen molar-refractivity contribution in [3.8, 4) is 0 Å². The van der Waals surface area contributed by atoms with Crippen LogP contribution in [0.5, 0.6) is 0 Å². The largest absolute Gasteiger partial charge is 0.309 e. The Morgan fingerprint density at radius 2 is 2.04 bits per heavy atom. The highest BCUT2D eigenvalue weighted by Gasteiger charge is 2.36. The minimum absolute atomic E-state index is 0.000307. The molecule has 5 nitrogen and oxygen atoms in total. The van der Waals surface area contributed by atoms with E-state index in [-0.39, 0.29) is 36.3 Å². The molecule has 2 amide bonds. The van der Waals surface area contributed by atoms with Crippen LogP contribution in [0.4, 0.5) is 19.6 Å². The third kappa shape index (κ3) is 3.03. The summed E-state index contributed by atoms with van der Waals surface area (Å²) in [5, 5.41) is 3.01. The molecule has 1 aliphatic rings. The molecular formula is C18H13F2N3O2S. The van der Waals surface area contributed by atoms with Gasteiger partial charge < -0.3 is 10.2 Å². The van der Waals surface area contributed by atoms with Gasteiger partial charge in [0.2, 0.25) is 11.8 Å². The number of carbonyl (C=O) groups excluding carboxylic acids is 2. The molecule has 1 aromatic heterocycles. The number of halogens is 2. The summed E-state index contributed by atoms with van der Waals surface area (Å²) in [6.07, 6.45) is -0.000307. The SMILES string of the molecule is O=C(Nc1nc2ccc(F)cc2s1)[C@H]1CC(=O)N(c2ccccc2F)C1. The fraction of sp³-hybridized carbons (Fsp3) is 0.167. The maximum Gasteiger partial charge on any atom is 0.231 e. The van der Waals surface area contributed by atoms with Gasteiger partial charge in [-0.05, 0) is 30.3 Å². The minimum Gasteiger partial charge on any atom is -0.309 e. The number of nitrogens with one attached hydrogen (secondary N) is 1. The Morgan fingerprint density at radius 1 is 1.23 bits per heavy atom. The summed E-state index contributed by atoms with van der Waals surface area (Å²) in [4.78, 5) is 30.2. The van der Waals surface area contributed by atoms with E-state index in [1.54, 1.807) is 12.1 Å². The molecule has 1 atom stereocenters. The number of anilines is 2. The molecule has 0 bridgehead atoms. The molecular weight excluding hydrogens is 360 g/mol. The molecule has 8 heteroatoms. The van der Waals surface area contributed by atoms with Gasteiger partial charge in [-0.2, -0.15) is 0 Å². The molecule has 0 spiro atoms. The summed E-state index contributed by atoms with van der Waals surface area (Å²) in [6, 6.07) is 10.2. The summed E-state index contributed by atoms with van der Waals surface area (Å²) < 4.78 is 27.8. The van der Waals surface area contributed by atoms with Crippen molar-refractivity contribution < 1.29 is 18.4 Å². The summed E-state index contributed by atoms with van der Waals surface area (Å²) in [5.41, 5.74) is 0.755. The zero-order valence-electron chi connectivity index (χ0n) is 13.4. The summed E-state index contributed by atoms with van der Waals surface area (Å²) in [6.45, 7) is 0.102. The van der Waals surface area contributed by atoms with Crippen LogP contribution in [0, 0.1) is 17.6 Å². The van der Waals surface area contributed by atoms with Gasteiger partial charge in [-0.3, -0.25) is 9.59 Å².